The number of amides is 2. The van der Waals surface area contributed by atoms with Crippen molar-refractivity contribution in [3.63, 3.8) is 0 Å². The lowest BCUT2D eigenvalue weighted by Gasteiger charge is -2.17. The van der Waals surface area contributed by atoms with E-state index in [1.807, 2.05) is 36.4 Å². The maximum Gasteiger partial charge on any atom is 0.256 e. The summed E-state index contributed by atoms with van der Waals surface area (Å²) in [6.45, 7) is 0. The van der Waals surface area contributed by atoms with Crippen LogP contribution in [0.15, 0.2) is 57.5 Å². The van der Waals surface area contributed by atoms with Gasteiger partial charge in [0.1, 0.15) is 6.04 Å². The molecule has 2 amide bonds. The second-order valence-corrected chi connectivity index (χ2v) is 6.61. The zero-order valence-corrected chi connectivity index (χ0v) is 14.6. The molecule has 0 saturated carbocycles. The Hall–Kier alpha value is -1.66. The van der Waals surface area contributed by atoms with Crippen molar-refractivity contribution < 1.29 is 9.59 Å². The Balaban J connectivity index is 1.86. The van der Waals surface area contributed by atoms with E-state index in [1.165, 1.54) is 4.90 Å². The molecular weight excluding hydrogens is 412 g/mol. The third-order valence-electron chi connectivity index (χ3n) is 3.44. The number of carbonyl (C=O) groups is 2. The van der Waals surface area contributed by atoms with Gasteiger partial charge in [-0.2, -0.15) is 0 Å². The maximum atomic E-state index is 12.6. The molecule has 6 heteroatoms. The number of hydrogen-bond donors (Lipinski definition) is 1. The summed E-state index contributed by atoms with van der Waals surface area (Å²) >= 11 is 6.82. The first kappa shape index (κ1) is 15.2. The molecule has 0 radical (unpaired) electrons. The number of anilines is 2. The number of hydrogen-bond acceptors (Lipinski definition) is 3. The van der Waals surface area contributed by atoms with Crippen molar-refractivity contribution in [2.24, 2.45) is 0 Å². The normalized spacial score (nSPS) is 17.9. The van der Waals surface area contributed by atoms with Gasteiger partial charge in [-0.05, 0) is 56.1 Å². The summed E-state index contributed by atoms with van der Waals surface area (Å²) in [5, 5.41) is 3.13. The number of rotatable bonds is 3. The van der Waals surface area contributed by atoms with Gasteiger partial charge < -0.3 is 5.32 Å². The van der Waals surface area contributed by atoms with Crippen molar-refractivity contribution in [2.75, 3.05) is 10.2 Å². The molecule has 1 aliphatic heterocycles. The number of nitrogens with one attached hydrogen (secondary N) is 1. The van der Waals surface area contributed by atoms with Crippen LogP contribution in [-0.4, -0.2) is 17.9 Å². The number of benzene rings is 2. The highest BCUT2D eigenvalue weighted by atomic mass is 79.9. The van der Waals surface area contributed by atoms with Crippen molar-refractivity contribution in [3.8, 4) is 0 Å². The van der Waals surface area contributed by atoms with Crippen molar-refractivity contribution in [2.45, 2.75) is 12.5 Å². The Labute approximate surface area is 144 Å². The van der Waals surface area contributed by atoms with E-state index >= 15 is 0 Å². The molecule has 1 atom stereocenters. The summed E-state index contributed by atoms with van der Waals surface area (Å²) in [7, 11) is 0. The minimum Gasteiger partial charge on any atom is -0.372 e. The molecule has 4 nitrogen and oxygen atoms in total. The largest absolute Gasteiger partial charge is 0.372 e. The van der Waals surface area contributed by atoms with E-state index in [1.54, 1.807) is 12.1 Å². The fourth-order valence-corrected chi connectivity index (χ4v) is 3.26. The molecule has 1 heterocycles. The van der Waals surface area contributed by atoms with Crippen LogP contribution in [0.3, 0.4) is 0 Å². The van der Waals surface area contributed by atoms with Gasteiger partial charge >= 0.3 is 0 Å². The summed E-state index contributed by atoms with van der Waals surface area (Å²) < 4.78 is 1.58. The number of halogens is 2. The predicted octanol–water partition coefficient (Wildman–Crippen LogP) is 3.96. The zero-order valence-electron chi connectivity index (χ0n) is 11.4. The van der Waals surface area contributed by atoms with Crippen molar-refractivity contribution >= 4 is 55.0 Å². The fraction of sp³-hybridized carbons (Fsp3) is 0.125. The average molecular weight is 424 g/mol. The Bertz CT molecular complexity index is 748. The van der Waals surface area contributed by atoms with E-state index in [9.17, 15) is 9.59 Å². The highest BCUT2D eigenvalue weighted by Gasteiger charge is 2.40. The van der Waals surface area contributed by atoms with Crippen LogP contribution in [0.4, 0.5) is 11.4 Å². The molecule has 2 aromatic carbocycles. The van der Waals surface area contributed by atoms with Crippen LogP contribution in [0, 0.1) is 0 Å². The van der Waals surface area contributed by atoms with E-state index in [2.05, 4.69) is 37.2 Å². The molecule has 2 aromatic rings. The van der Waals surface area contributed by atoms with Crippen LogP contribution < -0.4 is 10.2 Å². The molecule has 112 valence electrons. The summed E-state index contributed by atoms with van der Waals surface area (Å²) in [4.78, 5) is 26.1. The first-order valence-corrected chi connectivity index (χ1v) is 8.29. The third kappa shape index (κ3) is 2.80. The van der Waals surface area contributed by atoms with E-state index in [0.717, 1.165) is 14.6 Å². The molecule has 1 saturated heterocycles. The summed E-state index contributed by atoms with van der Waals surface area (Å²) in [6.07, 6.45) is 0.140. The molecule has 1 aliphatic rings. The molecule has 0 spiro atoms. The highest BCUT2D eigenvalue weighted by Crippen LogP contribution is 2.32. The van der Waals surface area contributed by atoms with Crippen molar-refractivity contribution in [3.05, 3.63) is 57.5 Å². The van der Waals surface area contributed by atoms with Crippen LogP contribution in [0.1, 0.15) is 6.42 Å². The third-order valence-corrected chi connectivity index (χ3v) is 4.81. The number of imide groups is 1. The number of para-hydroxylation sites is 2. The topological polar surface area (TPSA) is 49.4 Å². The SMILES string of the molecule is O=C1C[C@H](Nc2ccccc2Br)C(=O)N1c1ccccc1Br. The van der Waals surface area contributed by atoms with Crippen LogP contribution in [-0.2, 0) is 9.59 Å². The molecule has 22 heavy (non-hydrogen) atoms. The highest BCUT2D eigenvalue weighted by molar-refractivity contribution is 9.11. The maximum absolute atomic E-state index is 12.6. The molecular formula is C16H12Br2N2O2. The van der Waals surface area contributed by atoms with Gasteiger partial charge in [-0.15, -0.1) is 0 Å². The molecule has 0 aliphatic carbocycles. The minimum absolute atomic E-state index is 0.140. The first-order valence-electron chi connectivity index (χ1n) is 6.70. The van der Waals surface area contributed by atoms with Crippen LogP contribution >= 0.6 is 31.9 Å². The standard InChI is InChI=1S/C16H12Br2N2O2/c17-10-5-1-3-7-12(10)19-13-9-15(21)20(16(13)22)14-8-4-2-6-11(14)18/h1-8,13,19H,9H2/t13-/m0/s1. The molecule has 0 aromatic heterocycles. The fourth-order valence-electron chi connectivity index (χ4n) is 2.40. The van der Waals surface area contributed by atoms with Crippen LogP contribution in [0.2, 0.25) is 0 Å². The molecule has 1 fully saturated rings. The zero-order chi connectivity index (χ0) is 15.7. The average Bonchev–Trinajstić information content (AvgIpc) is 2.77. The van der Waals surface area contributed by atoms with Gasteiger partial charge in [0.15, 0.2) is 0 Å². The Kier molecular flexibility index (Phi) is 4.31. The first-order chi connectivity index (χ1) is 10.6. The van der Waals surface area contributed by atoms with Gasteiger partial charge in [-0.1, -0.05) is 24.3 Å². The minimum atomic E-state index is -0.557. The smallest absolute Gasteiger partial charge is 0.256 e. The summed E-state index contributed by atoms with van der Waals surface area (Å²) in [5.74, 6) is -0.450. The molecule has 3 rings (SSSR count). The monoisotopic (exact) mass is 422 g/mol. The second kappa shape index (κ2) is 6.22. The molecule has 0 unspecified atom stereocenters. The van der Waals surface area contributed by atoms with Crippen LogP contribution in [0.25, 0.3) is 0 Å². The van der Waals surface area contributed by atoms with Gasteiger partial charge in [0.2, 0.25) is 5.91 Å². The van der Waals surface area contributed by atoms with E-state index in [0.29, 0.717) is 5.69 Å². The lowest BCUT2D eigenvalue weighted by molar-refractivity contribution is -0.121. The van der Waals surface area contributed by atoms with E-state index in [-0.39, 0.29) is 18.2 Å². The Morgan fingerprint density at radius 3 is 2.27 bits per heavy atom. The van der Waals surface area contributed by atoms with Gasteiger partial charge in [0.05, 0.1) is 12.1 Å². The molecule has 0 bridgehead atoms. The summed E-state index contributed by atoms with van der Waals surface area (Å²) in [6, 6.07) is 14.2. The lowest BCUT2D eigenvalue weighted by atomic mass is 10.2. The molecule has 1 N–H and O–H groups in total. The number of carbonyl (C=O) groups excluding carboxylic acids is 2. The van der Waals surface area contributed by atoms with Crippen molar-refractivity contribution in [1.82, 2.24) is 0 Å². The van der Waals surface area contributed by atoms with Gasteiger partial charge in [0, 0.05) is 14.6 Å². The van der Waals surface area contributed by atoms with Gasteiger partial charge in [-0.3, -0.25) is 9.59 Å². The van der Waals surface area contributed by atoms with Gasteiger partial charge in [0.25, 0.3) is 5.91 Å². The van der Waals surface area contributed by atoms with E-state index in [4.69, 9.17) is 0 Å². The lowest BCUT2D eigenvalue weighted by Crippen LogP contribution is -2.35. The second-order valence-electron chi connectivity index (χ2n) is 4.90. The predicted molar refractivity (Wildman–Crippen MR) is 92.8 cm³/mol. The van der Waals surface area contributed by atoms with Crippen LogP contribution in [0.5, 0.6) is 0 Å². The Morgan fingerprint density at radius 1 is 0.955 bits per heavy atom. The van der Waals surface area contributed by atoms with E-state index < -0.39 is 6.04 Å². The Morgan fingerprint density at radius 2 is 1.59 bits per heavy atom. The van der Waals surface area contributed by atoms with Gasteiger partial charge in [-0.25, -0.2) is 4.90 Å². The quantitative estimate of drug-likeness (QED) is 0.760. The van der Waals surface area contributed by atoms with Crippen molar-refractivity contribution in [1.29, 1.82) is 0 Å². The summed E-state index contributed by atoms with van der Waals surface area (Å²) in [5.41, 5.74) is 1.37. The number of nitrogens with zero attached hydrogens (tertiary/aromatic N) is 1.